The van der Waals surface area contributed by atoms with E-state index in [2.05, 4.69) is 41.3 Å². The molecule has 0 saturated carbocycles. The van der Waals surface area contributed by atoms with Gasteiger partial charge < -0.3 is 5.32 Å². The van der Waals surface area contributed by atoms with Gasteiger partial charge >= 0.3 is 0 Å². The molecular weight excluding hydrogens is 178 g/mol. The standard InChI is InChI=1S/C9H13N5/c1-9(2,3)12-7-8-13-11-6-14(8)5-4-10-7/h4-6H,1-3H3,(H,10,12). The molecule has 74 valence electrons. The van der Waals surface area contributed by atoms with Crippen LogP contribution in [0, 0.1) is 0 Å². The van der Waals surface area contributed by atoms with Crippen LogP contribution in [0.5, 0.6) is 0 Å². The fourth-order valence-corrected chi connectivity index (χ4v) is 1.20. The molecular formula is C9H13N5. The van der Waals surface area contributed by atoms with Gasteiger partial charge in [0.1, 0.15) is 6.33 Å². The highest BCUT2D eigenvalue weighted by Crippen LogP contribution is 2.15. The van der Waals surface area contributed by atoms with E-state index in [1.54, 1.807) is 12.5 Å². The number of nitrogens with zero attached hydrogens (tertiary/aromatic N) is 4. The van der Waals surface area contributed by atoms with Crippen molar-refractivity contribution in [2.24, 2.45) is 0 Å². The average Bonchev–Trinajstić information content (AvgIpc) is 2.49. The second kappa shape index (κ2) is 2.94. The van der Waals surface area contributed by atoms with Gasteiger partial charge in [-0.05, 0) is 20.8 Å². The lowest BCUT2D eigenvalue weighted by atomic mass is 10.1. The molecule has 0 aliphatic rings. The van der Waals surface area contributed by atoms with Crippen molar-refractivity contribution in [3.05, 3.63) is 18.7 Å². The first-order valence-electron chi connectivity index (χ1n) is 4.49. The number of fused-ring (bicyclic) bond motifs is 1. The van der Waals surface area contributed by atoms with Crippen molar-refractivity contribution in [3.63, 3.8) is 0 Å². The van der Waals surface area contributed by atoms with Gasteiger partial charge in [0.05, 0.1) is 0 Å². The van der Waals surface area contributed by atoms with Crippen LogP contribution in [-0.4, -0.2) is 25.1 Å². The first-order chi connectivity index (χ1) is 6.56. The highest BCUT2D eigenvalue weighted by molar-refractivity contribution is 5.62. The Hall–Kier alpha value is -1.65. The van der Waals surface area contributed by atoms with Gasteiger partial charge in [0, 0.05) is 17.9 Å². The van der Waals surface area contributed by atoms with E-state index in [9.17, 15) is 0 Å². The van der Waals surface area contributed by atoms with Crippen molar-refractivity contribution in [3.8, 4) is 0 Å². The molecule has 0 saturated heterocycles. The SMILES string of the molecule is CC(C)(C)Nc1nccn2cnnc12. The van der Waals surface area contributed by atoms with Gasteiger partial charge in [-0.2, -0.15) is 0 Å². The first-order valence-corrected chi connectivity index (χ1v) is 4.49. The zero-order valence-corrected chi connectivity index (χ0v) is 8.52. The summed E-state index contributed by atoms with van der Waals surface area (Å²) in [6.45, 7) is 6.23. The summed E-state index contributed by atoms with van der Waals surface area (Å²) in [7, 11) is 0. The Labute approximate surface area is 82.2 Å². The number of rotatable bonds is 1. The molecule has 0 spiro atoms. The lowest BCUT2D eigenvalue weighted by Crippen LogP contribution is -2.27. The predicted molar refractivity (Wildman–Crippen MR) is 54.2 cm³/mol. The number of aromatic nitrogens is 4. The molecule has 0 aromatic carbocycles. The highest BCUT2D eigenvalue weighted by atomic mass is 15.2. The van der Waals surface area contributed by atoms with Gasteiger partial charge in [0.2, 0.25) is 5.65 Å². The number of anilines is 1. The third-order valence-corrected chi connectivity index (χ3v) is 1.71. The van der Waals surface area contributed by atoms with Crippen LogP contribution in [0.15, 0.2) is 18.7 Å². The molecule has 1 N–H and O–H groups in total. The topological polar surface area (TPSA) is 55.1 Å². The van der Waals surface area contributed by atoms with Gasteiger partial charge in [-0.1, -0.05) is 0 Å². The molecule has 0 fully saturated rings. The maximum absolute atomic E-state index is 4.23. The van der Waals surface area contributed by atoms with Crippen LogP contribution in [0.25, 0.3) is 5.65 Å². The predicted octanol–water partition coefficient (Wildman–Crippen LogP) is 1.33. The molecule has 0 atom stereocenters. The summed E-state index contributed by atoms with van der Waals surface area (Å²) in [5.41, 5.74) is 0.725. The molecule has 0 aliphatic heterocycles. The third-order valence-electron chi connectivity index (χ3n) is 1.71. The van der Waals surface area contributed by atoms with Crippen LogP contribution in [0.1, 0.15) is 20.8 Å². The molecule has 2 rings (SSSR count). The van der Waals surface area contributed by atoms with Gasteiger partial charge in [0.25, 0.3) is 0 Å². The van der Waals surface area contributed by atoms with Crippen molar-refractivity contribution in [1.82, 2.24) is 19.6 Å². The minimum absolute atomic E-state index is 0.0270. The second-order valence-electron chi connectivity index (χ2n) is 4.21. The van der Waals surface area contributed by atoms with Crippen molar-refractivity contribution in [1.29, 1.82) is 0 Å². The van der Waals surface area contributed by atoms with Crippen molar-refractivity contribution in [2.75, 3.05) is 5.32 Å². The monoisotopic (exact) mass is 191 g/mol. The lowest BCUT2D eigenvalue weighted by Gasteiger charge is -2.20. The van der Waals surface area contributed by atoms with E-state index in [1.807, 2.05) is 10.6 Å². The Morgan fingerprint density at radius 2 is 2.14 bits per heavy atom. The molecule has 2 aromatic heterocycles. The summed E-state index contributed by atoms with van der Waals surface area (Å²) in [5.74, 6) is 0.762. The Morgan fingerprint density at radius 3 is 2.86 bits per heavy atom. The fourth-order valence-electron chi connectivity index (χ4n) is 1.20. The van der Waals surface area contributed by atoms with Gasteiger partial charge in [-0.3, -0.25) is 4.40 Å². The van der Waals surface area contributed by atoms with E-state index < -0.39 is 0 Å². The van der Waals surface area contributed by atoms with E-state index in [4.69, 9.17) is 0 Å². The summed E-state index contributed by atoms with van der Waals surface area (Å²) in [6.07, 6.45) is 5.21. The molecule has 0 unspecified atom stereocenters. The Balaban J connectivity index is 2.46. The summed E-state index contributed by atoms with van der Waals surface area (Å²) in [4.78, 5) is 4.23. The molecule has 0 amide bonds. The number of hydrogen-bond acceptors (Lipinski definition) is 4. The van der Waals surface area contributed by atoms with Gasteiger partial charge in [-0.25, -0.2) is 4.98 Å². The molecule has 2 aromatic rings. The average molecular weight is 191 g/mol. The van der Waals surface area contributed by atoms with E-state index in [0.29, 0.717) is 0 Å². The molecule has 2 heterocycles. The maximum Gasteiger partial charge on any atom is 0.203 e. The summed E-state index contributed by atoms with van der Waals surface area (Å²) >= 11 is 0. The normalized spacial score (nSPS) is 11.9. The van der Waals surface area contributed by atoms with E-state index in [-0.39, 0.29) is 5.54 Å². The molecule has 5 heteroatoms. The third kappa shape index (κ3) is 1.66. The van der Waals surface area contributed by atoms with E-state index in [1.165, 1.54) is 0 Å². The number of nitrogens with one attached hydrogen (secondary N) is 1. The van der Waals surface area contributed by atoms with E-state index in [0.717, 1.165) is 11.5 Å². The highest BCUT2D eigenvalue weighted by Gasteiger charge is 2.13. The largest absolute Gasteiger partial charge is 0.362 e. The van der Waals surface area contributed by atoms with Crippen LogP contribution >= 0.6 is 0 Å². The quantitative estimate of drug-likeness (QED) is 0.739. The van der Waals surface area contributed by atoms with Crippen molar-refractivity contribution < 1.29 is 0 Å². The Bertz CT molecular complexity index is 440. The minimum Gasteiger partial charge on any atom is -0.362 e. The summed E-state index contributed by atoms with van der Waals surface area (Å²) in [6, 6.07) is 0. The van der Waals surface area contributed by atoms with Gasteiger partial charge in [-0.15, -0.1) is 10.2 Å². The van der Waals surface area contributed by atoms with Gasteiger partial charge in [0.15, 0.2) is 5.82 Å². The minimum atomic E-state index is -0.0270. The molecule has 0 bridgehead atoms. The van der Waals surface area contributed by atoms with Crippen LogP contribution < -0.4 is 5.32 Å². The summed E-state index contributed by atoms with van der Waals surface area (Å²) in [5, 5.41) is 11.1. The summed E-state index contributed by atoms with van der Waals surface area (Å²) < 4.78 is 1.83. The zero-order valence-electron chi connectivity index (χ0n) is 8.52. The molecule has 0 aliphatic carbocycles. The molecule has 14 heavy (non-hydrogen) atoms. The molecule has 0 radical (unpaired) electrons. The first kappa shape index (κ1) is 8.93. The van der Waals surface area contributed by atoms with Crippen molar-refractivity contribution >= 4 is 11.5 Å². The lowest BCUT2D eigenvalue weighted by molar-refractivity contribution is 0.630. The fraction of sp³-hybridized carbons (Fsp3) is 0.444. The zero-order chi connectivity index (χ0) is 10.2. The van der Waals surface area contributed by atoms with Crippen LogP contribution in [-0.2, 0) is 0 Å². The Morgan fingerprint density at radius 1 is 1.36 bits per heavy atom. The van der Waals surface area contributed by atoms with Crippen LogP contribution in [0.3, 0.4) is 0 Å². The molecule has 5 nitrogen and oxygen atoms in total. The van der Waals surface area contributed by atoms with Crippen LogP contribution in [0.4, 0.5) is 5.82 Å². The smallest absolute Gasteiger partial charge is 0.203 e. The van der Waals surface area contributed by atoms with Crippen molar-refractivity contribution in [2.45, 2.75) is 26.3 Å². The second-order valence-corrected chi connectivity index (χ2v) is 4.21. The Kier molecular flexibility index (Phi) is 1.87. The maximum atomic E-state index is 4.23. The van der Waals surface area contributed by atoms with Crippen LogP contribution in [0.2, 0.25) is 0 Å². The van der Waals surface area contributed by atoms with E-state index >= 15 is 0 Å². The number of hydrogen-bond donors (Lipinski definition) is 1.